The number of alkyl halides is 3. The molecule has 2 aromatic rings. The number of phenols is 1. The van der Waals surface area contributed by atoms with Crippen LogP contribution in [0.25, 0.3) is 0 Å². The van der Waals surface area contributed by atoms with Crippen molar-refractivity contribution in [3.63, 3.8) is 0 Å². The molecule has 1 aliphatic rings. The minimum Gasteiger partial charge on any atom is -0.508 e. The van der Waals surface area contributed by atoms with Crippen LogP contribution in [0.1, 0.15) is 24.8 Å². The van der Waals surface area contributed by atoms with Crippen LogP contribution >= 0.6 is 0 Å². The van der Waals surface area contributed by atoms with E-state index in [0.29, 0.717) is 6.42 Å². The largest absolute Gasteiger partial charge is 0.508 e. The Bertz CT molecular complexity index is 842. The average Bonchev–Trinajstić information content (AvgIpc) is 3.16. The monoisotopic (exact) mass is 423 g/mol. The molecule has 1 saturated carbocycles. The topological polar surface area (TPSA) is 67.8 Å². The molecule has 3 unspecified atom stereocenters. The molecule has 0 bridgehead atoms. The summed E-state index contributed by atoms with van der Waals surface area (Å²) in [5.74, 6) is -1.06. The maximum Gasteiger partial charge on any atom is 0.429 e. The number of rotatable bonds is 8. The summed E-state index contributed by atoms with van der Waals surface area (Å²) >= 11 is 0. The Hall–Kier alpha value is -2.58. The molecule has 2 N–H and O–H groups in total. The van der Waals surface area contributed by atoms with Crippen LogP contribution < -0.4 is 5.32 Å². The Morgan fingerprint density at radius 2 is 1.77 bits per heavy atom. The molecule has 3 rings (SSSR count). The van der Waals surface area contributed by atoms with Gasteiger partial charge in [-0.3, -0.25) is 4.79 Å². The summed E-state index contributed by atoms with van der Waals surface area (Å²) in [7, 11) is 0.878. The first kappa shape index (κ1) is 22.1. The van der Waals surface area contributed by atoms with E-state index in [0.717, 1.165) is 25.6 Å². The molecule has 8 heteroatoms. The zero-order valence-corrected chi connectivity index (χ0v) is 16.5. The maximum atomic E-state index is 14.0. The summed E-state index contributed by atoms with van der Waals surface area (Å²) < 4.78 is 52.4. The first-order chi connectivity index (χ1) is 14.3. The normalized spacial score (nSPS) is 21.2. The van der Waals surface area contributed by atoms with Crippen LogP contribution in [-0.4, -0.2) is 42.9 Å². The van der Waals surface area contributed by atoms with E-state index in [1.807, 2.05) is 0 Å². The van der Waals surface area contributed by atoms with E-state index >= 15 is 0 Å². The molecule has 0 saturated heterocycles. The highest BCUT2D eigenvalue weighted by Crippen LogP contribution is 2.43. The van der Waals surface area contributed by atoms with Crippen molar-refractivity contribution in [2.24, 2.45) is 0 Å². The molecule has 2 aromatic carbocycles. The van der Waals surface area contributed by atoms with Gasteiger partial charge in [-0.15, -0.1) is 0 Å². The molecule has 0 aromatic heterocycles. The van der Waals surface area contributed by atoms with Gasteiger partial charge >= 0.3 is 6.18 Å². The van der Waals surface area contributed by atoms with Crippen molar-refractivity contribution in [1.29, 1.82) is 0 Å². The third-order valence-corrected chi connectivity index (χ3v) is 5.38. The molecule has 0 amide bonds. The van der Waals surface area contributed by atoms with E-state index in [9.17, 15) is 23.1 Å². The lowest BCUT2D eigenvalue weighted by atomic mass is 9.88. The number of carbonyl (C=O) groups excluding carboxylic acids is 1. The van der Waals surface area contributed by atoms with Gasteiger partial charge < -0.3 is 19.9 Å². The molecular formula is C22H24F3NO4. The van der Waals surface area contributed by atoms with Crippen molar-refractivity contribution in [3.05, 3.63) is 60.2 Å². The van der Waals surface area contributed by atoms with Gasteiger partial charge in [-0.25, -0.2) is 0 Å². The Balaban J connectivity index is 1.72. The molecule has 1 fully saturated rings. The number of carbonyl (C=O) groups is 1. The van der Waals surface area contributed by atoms with E-state index < -0.39 is 30.3 Å². The summed E-state index contributed by atoms with van der Waals surface area (Å²) in [4.78, 5) is 12.8. The molecule has 3 atom stereocenters. The highest BCUT2D eigenvalue weighted by atomic mass is 19.4. The van der Waals surface area contributed by atoms with Crippen molar-refractivity contribution in [2.45, 2.75) is 43.2 Å². The predicted molar refractivity (Wildman–Crippen MR) is 105 cm³/mol. The fourth-order valence-corrected chi connectivity index (χ4v) is 3.85. The number of benzene rings is 2. The third-order valence-electron chi connectivity index (χ3n) is 5.38. The number of ketones is 1. The van der Waals surface area contributed by atoms with Gasteiger partial charge in [-0.2, -0.15) is 13.2 Å². The zero-order chi connectivity index (χ0) is 21.8. The second kappa shape index (κ2) is 9.06. The van der Waals surface area contributed by atoms with Gasteiger partial charge in [0.1, 0.15) is 12.4 Å². The number of phenolic OH excluding ortho intramolecular Hbond substituents is 1. The van der Waals surface area contributed by atoms with Gasteiger partial charge in [0, 0.05) is 18.4 Å². The Morgan fingerprint density at radius 3 is 2.37 bits per heavy atom. The second-order valence-corrected chi connectivity index (χ2v) is 7.25. The van der Waals surface area contributed by atoms with Gasteiger partial charge in [-0.1, -0.05) is 30.3 Å². The van der Waals surface area contributed by atoms with Crippen LogP contribution in [0.5, 0.6) is 5.75 Å². The first-order valence-corrected chi connectivity index (χ1v) is 9.66. The van der Waals surface area contributed by atoms with E-state index in [-0.39, 0.29) is 17.4 Å². The summed E-state index contributed by atoms with van der Waals surface area (Å²) in [5, 5.41) is 12.6. The van der Waals surface area contributed by atoms with Crippen LogP contribution in [0, 0.1) is 0 Å². The average molecular weight is 423 g/mol. The first-order valence-electron chi connectivity index (χ1n) is 9.66. The number of aromatic hydroxyl groups is 1. The van der Waals surface area contributed by atoms with Crippen LogP contribution in [0.4, 0.5) is 18.9 Å². The molecule has 162 valence electrons. The number of Topliss-reactive ketones (excluding diaryl/α,β-unsaturated/α-hetero) is 1. The summed E-state index contributed by atoms with van der Waals surface area (Å²) in [6, 6.07) is 13.2. The standard InChI is InChI=1S/C22H24F3NO4/c1-29-21(22(23,24)25,15-6-3-2-4-7-15)20(28)14-30-19-9-5-8-18(19)26-16-10-12-17(27)13-11-16/h2-4,6-7,10-13,18-19,26-27H,5,8-9,14H2,1H3. The lowest BCUT2D eigenvalue weighted by molar-refractivity contribution is -0.266. The van der Waals surface area contributed by atoms with Crippen LogP contribution in [0.2, 0.25) is 0 Å². The quantitative estimate of drug-likeness (QED) is 0.616. The van der Waals surface area contributed by atoms with Crippen molar-refractivity contribution in [1.82, 2.24) is 0 Å². The van der Waals surface area contributed by atoms with Gasteiger partial charge in [0.05, 0.1) is 12.1 Å². The molecule has 0 heterocycles. The highest BCUT2D eigenvalue weighted by Gasteiger charge is 2.62. The van der Waals surface area contributed by atoms with Crippen LogP contribution in [0.3, 0.4) is 0 Å². The zero-order valence-electron chi connectivity index (χ0n) is 16.5. The third kappa shape index (κ3) is 4.44. The van der Waals surface area contributed by atoms with Crippen molar-refractivity contribution in [2.75, 3.05) is 19.0 Å². The van der Waals surface area contributed by atoms with Crippen molar-refractivity contribution in [3.8, 4) is 5.75 Å². The Kier molecular flexibility index (Phi) is 6.67. The van der Waals surface area contributed by atoms with Gasteiger partial charge in [0.2, 0.25) is 11.4 Å². The summed E-state index contributed by atoms with van der Waals surface area (Å²) in [6.07, 6.45) is -3.15. The van der Waals surface area contributed by atoms with Crippen molar-refractivity contribution >= 4 is 11.5 Å². The van der Waals surface area contributed by atoms with E-state index in [1.165, 1.54) is 36.4 Å². The number of ether oxygens (including phenoxy) is 2. The minimum atomic E-state index is -4.94. The Labute approximate surface area is 172 Å². The maximum absolute atomic E-state index is 14.0. The summed E-state index contributed by atoms with van der Waals surface area (Å²) in [5.41, 5.74) is -2.60. The van der Waals surface area contributed by atoms with Gasteiger partial charge in [-0.05, 0) is 43.5 Å². The van der Waals surface area contributed by atoms with Gasteiger partial charge in [0.25, 0.3) is 0 Å². The number of anilines is 1. The van der Waals surface area contributed by atoms with E-state index in [1.54, 1.807) is 18.2 Å². The highest BCUT2D eigenvalue weighted by molar-refractivity contribution is 5.90. The lowest BCUT2D eigenvalue weighted by Crippen LogP contribution is -2.52. The van der Waals surface area contributed by atoms with Gasteiger partial charge in [0.15, 0.2) is 0 Å². The SMILES string of the molecule is COC(C(=O)COC1CCCC1Nc1ccc(O)cc1)(c1ccccc1)C(F)(F)F. The molecule has 0 aliphatic heterocycles. The molecule has 0 spiro atoms. The lowest BCUT2D eigenvalue weighted by Gasteiger charge is -2.34. The Morgan fingerprint density at radius 1 is 1.10 bits per heavy atom. The number of hydrogen-bond donors (Lipinski definition) is 2. The molecule has 1 aliphatic carbocycles. The second-order valence-electron chi connectivity index (χ2n) is 7.25. The number of halogens is 3. The molecular weight excluding hydrogens is 399 g/mol. The molecule has 0 radical (unpaired) electrons. The minimum absolute atomic E-state index is 0.134. The molecule has 30 heavy (non-hydrogen) atoms. The smallest absolute Gasteiger partial charge is 0.429 e. The van der Waals surface area contributed by atoms with E-state index in [4.69, 9.17) is 9.47 Å². The molecule has 5 nitrogen and oxygen atoms in total. The summed E-state index contributed by atoms with van der Waals surface area (Å²) in [6.45, 7) is -0.722. The fourth-order valence-electron chi connectivity index (χ4n) is 3.85. The number of methoxy groups -OCH3 is 1. The van der Waals surface area contributed by atoms with Crippen LogP contribution in [0.15, 0.2) is 54.6 Å². The van der Waals surface area contributed by atoms with E-state index in [2.05, 4.69) is 5.32 Å². The number of nitrogens with one attached hydrogen (secondary N) is 1. The fraction of sp³-hybridized carbons (Fsp3) is 0.409. The van der Waals surface area contributed by atoms with Crippen LogP contribution in [-0.2, 0) is 19.9 Å². The number of hydrogen-bond acceptors (Lipinski definition) is 5. The van der Waals surface area contributed by atoms with Crippen molar-refractivity contribution < 1.29 is 32.5 Å². The predicted octanol–water partition coefficient (Wildman–Crippen LogP) is 4.42.